The molecule has 0 aromatic rings. The fourth-order valence-corrected chi connectivity index (χ4v) is 11.1. The van der Waals surface area contributed by atoms with Crippen LogP contribution >= 0.6 is 0 Å². The van der Waals surface area contributed by atoms with Crippen molar-refractivity contribution in [3.05, 3.63) is 25.6 Å². The van der Waals surface area contributed by atoms with Crippen molar-refractivity contribution in [3.63, 3.8) is 0 Å². The predicted octanol–water partition coefficient (Wildman–Crippen LogP) is 4.57. The molecule has 0 radical (unpaired) electrons. The third-order valence-corrected chi connectivity index (χ3v) is 11.5. The van der Waals surface area contributed by atoms with Gasteiger partial charge in [-0.3, -0.25) is 0 Å². The summed E-state index contributed by atoms with van der Waals surface area (Å²) >= 11 is -2.88. The first kappa shape index (κ1) is 12.8. The van der Waals surface area contributed by atoms with Crippen molar-refractivity contribution in [3.8, 4) is 0 Å². The molecule has 1 aliphatic carbocycles. The summed E-state index contributed by atoms with van der Waals surface area (Å²) < 4.78 is 4.87. The van der Waals surface area contributed by atoms with Gasteiger partial charge in [-0.05, 0) is 0 Å². The van der Waals surface area contributed by atoms with E-state index in [1.54, 1.807) is 0 Å². The van der Waals surface area contributed by atoms with E-state index in [9.17, 15) is 4.91 Å². The fourth-order valence-electron chi connectivity index (χ4n) is 2.60. The van der Waals surface area contributed by atoms with Crippen LogP contribution in [0.2, 0.25) is 10.6 Å². The normalized spacial score (nSPS) is 22.3. The van der Waals surface area contributed by atoms with Gasteiger partial charge in [-0.15, -0.1) is 0 Å². The first-order valence-electron chi connectivity index (χ1n) is 5.14. The summed E-state index contributed by atoms with van der Waals surface area (Å²) in [6.45, 7) is 10.9. The van der Waals surface area contributed by atoms with E-state index < -0.39 is 16.3 Å². The molecule has 15 heavy (non-hydrogen) atoms. The van der Waals surface area contributed by atoms with Crippen molar-refractivity contribution in [2.45, 2.75) is 45.2 Å². The molecule has 0 atom stereocenters. The van der Waals surface area contributed by atoms with E-state index >= 15 is 0 Å². The Bertz CT molecular complexity index is 375. The quantitative estimate of drug-likeness (QED) is 0.647. The maximum atomic E-state index is 11.1. The van der Waals surface area contributed by atoms with Gasteiger partial charge >= 0.3 is 96.3 Å². The Balaban J connectivity index is 3.42. The zero-order chi connectivity index (χ0) is 12.0. The van der Waals surface area contributed by atoms with Gasteiger partial charge in [0.2, 0.25) is 0 Å². The number of allylic oxidation sites excluding steroid dienone is 4. The topological polar surface area (TPSA) is 29.4 Å². The molecule has 0 aliphatic heterocycles. The Morgan fingerprint density at radius 1 is 1.07 bits per heavy atom. The molecular formula is C12H21NOW. The molecule has 0 saturated carbocycles. The first-order chi connectivity index (χ1) is 6.66. The van der Waals surface area contributed by atoms with Crippen LogP contribution in [0.25, 0.3) is 0 Å². The van der Waals surface area contributed by atoms with E-state index in [-0.39, 0.29) is 5.41 Å². The molecule has 0 aromatic heterocycles. The second-order valence-corrected chi connectivity index (χ2v) is 16.3. The zero-order valence-electron chi connectivity index (χ0n) is 10.8. The molecule has 2 nitrogen and oxygen atoms in total. The van der Waals surface area contributed by atoms with Gasteiger partial charge in [0.15, 0.2) is 0 Å². The summed E-state index contributed by atoms with van der Waals surface area (Å²) in [6.07, 6.45) is 0. The number of hydrogen-bond donors (Lipinski definition) is 0. The zero-order valence-corrected chi connectivity index (χ0v) is 13.7. The van der Waals surface area contributed by atoms with Gasteiger partial charge in [-0.1, -0.05) is 0 Å². The molecule has 0 heterocycles. The molecule has 3 heteroatoms. The third-order valence-electron chi connectivity index (χ3n) is 3.66. The van der Waals surface area contributed by atoms with Crippen molar-refractivity contribution in [1.29, 1.82) is 0 Å². The van der Waals surface area contributed by atoms with Crippen molar-refractivity contribution in [2.75, 3.05) is 0 Å². The predicted molar refractivity (Wildman–Crippen MR) is 62.4 cm³/mol. The summed E-state index contributed by atoms with van der Waals surface area (Å²) in [7, 11) is 0. The van der Waals surface area contributed by atoms with Crippen molar-refractivity contribution in [1.82, 2.24) is 0 Å². The van der Waals surface area contributed by atoms with Crippen LogP contribution in [0.1, 0.15) is 34.6 Å². The summed E-state index contributed by atoms with van der Waals surface area (Å²) in [5.41, 5.74) is 4.16. The van der Waals surface area contributed by atoms with Crippen LogP contribution < -0.4 is 0 Å². The summed E-state index contributed by atoms with van der Waals surface area (Å²) in [5, 5.41) is 4.21. The van der Waals surface area contributed by atoms with E-state index in [0.29, 0.717) is 0 Å². The van der Waals surface area contributed by atoms with E-state index in [1.807, 2.05) is 0 Å². The molecule has 0 amide bonds. The van der Waals surface area contributed by atoms with Crippen LogP contribution in [-0.2, 0) is 16.3 Å². The summed E-state index contributed by atoms with van der Waals surface area (Å²) in [4.78, 5) is 11.1. The molecule has 0 unspecified atom stereocenters. The Labute approximate surface area is 96.3 Å². The summed E-state index contributed by atoms with van der Waals surface area (Å²) in [6, 6.07) is 0. The molecule has 86 valence electrons. The van der Waals surface area contributed by atoms with Gasteiger partial charge in [0.25, 0.3) is 0 Å². The second-order valence-electron chi connectivity index (χ2n) is 5.18. The van der Waals surface area contributed by atoms with E-state index in [4.69, 9.17) is 0 Å². The van der Waals surface area contributed by atoms with Gasteiger partial charge in [0, 0.05) is 0 Å². The number of nitrogens with zero attached hydrogens (tertiary/aromatic N) is 1. The number of nitroso groups, excluding NO2 is 1. The van der Waals surface area contributed by atoms with Crippen LogP contribution in [0.4, 0.5) is 0 Å². The molecule has 0 aromatic carbocycles. The monoisotopic (exact) mass is 379 g/mol. The second kappa shape index (κ2) is 3.66. The molecule has 0 bridgehead atoms. The van der Waals surface area contributed by atoms with E-state index in [1.165, 1.54) is 20.7 Å². The van der Waals surface area contributed by atoms with Crippen LogP contribution in [0.15, 0.2) is 24.4 Å². The minimum atomic E-state index is -2.88. The van der Waals surface area contributed by atoms with Crippen LogP contribution in [0.3, 0.4) is 0 Å². The Hall–Kier alpha value is -0.232. The number of hydrogen-bond acceptors (Lipinski definition) is 2. The standard InChI is InChI=1S/C10H15.2CH3.NO.W/c1-7-6-10(4,5)9(3)8(7)2;;;1-2;/h1-5H3;2*1H3;;/q;;;-1;+1. The fraction of sp³-hybridized carbons (Fsp3) is 0.667. The number of rotatable bonds is 2. The average molecular weight is 379 g/mol. The third kappa shape index (κ3) is 1.78. The van der Waals surface area contributed by atoms with Crippen LogP contribution in [-0.4, -0.2) is 0 Å². The molecule has 0 saturated heterocycles. The molecule has 0 N–H and O–H groups in total. The molecule has 1 rings (SSSR count). The van der Waals surface area contributed by atoms with Crippen LogP contribution in [0, 0.1) is 10.3 Å². The maximum absolute atomic E-state index is 11.1. The molecule has 0 fully saturated rings. The van der Waals surface area contributed by atoms with Gasteiger partial charge in [0.1, 0.15) is 0 Å². The van der Waals surface area contributed by atoms with E-state index in [0.717, 1.165) is 0 Å². The minimum absolute atomic E-state index is 0.0565. The first-order valence-corrected chi connectivity index (χ1v) is 13.8. The SMILES string of the molecule is CC1=C(C)C(C)(C)[C]([W]([CH3])([CH3])[N]=O)=C1C. The van der Waals surface area contributed by atoms with Gasteiger partial charge < -0.3 is 0 Å². The van der Waals surface area contributed by atoms with Crippen molar-refractivity contribution >= 4 is 0 Å². The van der Waals surface area contributed by atoms with Gasteiger partial charge in [-0.25, -0.2) is 0 Å². The molecular weight excluding hydrogens is 358 g/mol. The summed E-state index contributed by atoms with van der Waals surface area (Å²) in [5.74, 6) is 0. The Kier molecular flexibility index (Phi) is 3.13. The average Bonchev–Trinajstić information content (AvgIpc) is 2.28. The van der Waals surface area contributed by atoms with Crippen molar-refractivity contribution in [2.24, 2.45) is 9.15 Å². The molecule has 0 spiro atoms. The van der Waals surface area contributed by atoms with Crippen LogP contribution in [0.5, 0.6) is 0 Å². The Morgan fingerprint density at radius 2 is 1.53 bits per heavy atom. The molecule has 1 aliphatic rings. The van der Waals surface area contributed by atoms with E-state index in [2.05, 4.69) is 49.0 Å². The van der Waals surface area contributed by atoms with Gasteiger partial charge in [-0.2, -0.15) is 0 Å². The van der Waals surface area contributed by atoms with Gasteiger partial charge in [0.05, 0.1) is 0 Å². The van der Waals surface area contributed by atoms with Crippen molar-refractivity contribution < 1.29 is 16.3 Å². The Morgan fingerprint density at radius 3 is 1.80 bits per heavy atom.